The number of halogens is 1. The fraction of sp³-hybridized carbons (Fsp3) is 0.500. The Kier molecular flexibility index (Phi) is 4.80. The van der Waals surface area contributed by atoms with Gasteiger partial charge >= 0.3 is 0 Å². The molecule has 2 N–H and O–H groups in total. The molecule has 0 saturated carbocycles. The van der Waals surface area contributed by atoms with Crippen molar-refractivity contribution in [2.45, 2.75) is 20.0 Å². The van der Waals surface area contributed by atoms with Crippen molar-refractivity contribution in [3.05, 3.63) is 34.3 Å². The molecule has 1 aliphatic heterocycles. The Balaban J connectivity index is 1.94. The summed E-state index contributed by atoms with van der Waals surface area (Å²) < 4.78 is 0. The van der Waals surface area contributed by atoms with Crippen LogP contribution in [0.5, 0.6) is 0 Å². The van der Waals surface area contributed by atoms with E-state index >= 15 is 0 Å². The van der Waals surface area contributed by atoms with E-state index in [-0.39, 0.29) is 5.91 Å². The molecule has 0 aromatic heterocycles. The van der Waals surface area contributed by atoms with Crippen molar-refractivity contribution in [3.8, 4) is 0 Å². The topological polar surface area (TPSA) is 49.6 Å². The first-order valence-corrected chi connectivity index (χ1v) is 6.93. The zero-order valence-corrected chi connectivity index (χ0v) is 12.0. The van der Waals surface area contributed by atoms with E-state index in [0.29, 0.717) is 6.54 Å². The van der Waals surface area contributed by atoms with E-state index in [4.69, 9.17) is 17.3 Å². The van der Waals surface area contributed by atoms with Gasteiger partial charge in [-0.2, -0.15) is 0 Å². The first-order valence-electron chi connectivity index (χ1n) is 6.55. The number of amides is 1. The maximum Gasteiger partial charge on any atom is 0.219 e. The molecule has 1 amide bonds. The minimum absolute atomic E-state index is 0.157. The summed E-state index contributed by atoms with van der Waals surface area (Å²) in [6.45, 7) is 6.36. The van der Waals surface area contributed by atoms with Gasteiger partial charge in [0.15, 0.2) is 0 Å². The Hall–Kier alpha value is -1.10. The number of benzene rings is 1. The van der Waals surface area contributed by atoms with Gasteiger partial charge in [0, 0.05) is 51.2 Å². The van der Waals surface area contributed by atoms with Crippen molar-refractivity contribution in [1.82, 2.24) is 9.80 Å². The fourth-order valence-electron chi connectivity index (χ4n) is 2.31. The zero-order chi connectivity index (χ0) is 13.8. The third-order valence-electron chi connectivity index (χ3n) is 3.56. The predicted molar refractivity (Wildman–Crippen MR) is 76.9 cm³/mol. The van der Waals surface area contributed by atoms with Gasteiger partial charge in [0.1, 0.15) is 0 Å². The first kappa shape index (κ1) is 14.3. The van der Waals surface area contributed by atoms with E-state index in [1.54, 1.807) is 6.92 Å². The van der Waals surface area contributed by atoms with Crippen molar-refractivity contribution in [2.24, 2.45) is 5.73 Å². The van der Waals surface area contributed by atoms with Crippen LogP contribution in [-0.4, -0.2) is 41.9 Å². The molecule has 1 heterocycles. The monoisotopic (exact) mass is 281 g/mol. The lowest BCUT2D eigenvalue weighted by Gasteiger charge is -2.34. The molecule has 19 heavy (non-hydrogen) atoms. The summed E-state index contributed by atoms with van der Waals surface area (Å²) in [5.41, 5.74) is 7.76. The Bertz CT molecular complexity index is 456. The molecule has 0 atom stereocenters. The maximum absolute atomic E-state index is 11.3. The van der Waals surface area contributed by atoms with Crippen molar-refractivity contribution in [1.29, 1.82) is 0 Å². The fourth-order valence-corrected chi connectivity index (χ4v) is 2.57. The van der Waals surface area contributed by atoms with Gasteiger partial charge in [0.25, 0.3) is 0 Å². The minimum Gasteiger partial charge on any atom is -0.340 e. The maximum atomic E-state index is 11.3. The highest BCUT2D eigenvalue weighted by molar-refractivity contribution is 6.31. The molecular weight excluding hydrogens is 262 g/mol. The van der Waals surface area contributed by atoms with Crippen LogP contribution in [0.15, 0.2) is 18.2 Å². The highest BCUT2D eigenvalue weighted by atomic mass is 35.5. The Morgan fingerprint density at radius 3 is 2.53 bits per heavy atom. The molecule has 5 heteroatoms. The minimum atomic E-state index is 0.157. The molecule has 1 fully saturated rings. The third-order valence-corrected chi connectivity index (χ3v) is 3.92. The van der Waals surface area contributed by atoms with Gasteiger partial charge in [-0.25, -0.2) is 0 Å². The molecule has 2 rings (SSSR count). The number of carbonyl (C=O) groups is 1. The highest BCUT2D eigenvalue weighted by Crippen LogP contribution is 2.20. The van der Waals surface area contributed by atoms with Crippen LogP contribution in [0.3, 0.4) is 0 Å². The lowest BCUT2D eigenvalue weighted by molar-refractivity contribution is -0.130. The Labute approximate surface area is 119 Å². The number of piperazine rings is 1. The highest BCUT2D eigenvalue weighted by Gasteiger charge is 2.19. The van der Waals surface area contributed by atoms with Crippen molar-refractivity contribution < 1.29 is 4.79 Å². The standard InChI is InChI=1S/C14H20ClN3O/c1-11(19)18-6-4-17(5-7-18)10-13-3-2-12(9-16)8-14(13)15/h2-3,8H,4-7,9-10,16H2,1H3. The molecule has 0 aliphatic carbocycles. The van der Waals surface area contributed by atoms with Gasteiger partial charge in [-0.3, -0.25) is 9.69 Å². The molecule has 1 saturated heterocycles. The van der Waals surface area contributed by atoms with Crippen LogP contribution < -0.4 is 5.73 Å². The quantitative estimate of drug-likeness (QED) is 0.913. The first-order chi connectivity index (χ1) is 9.10. The summed E-state index contributed by atoms with van der Waals surface area (Å²) in [5.74, 6) is 0.157. The van der Waals surface area contributed by atoms with Crippen molar-refractivity contribution in [2.75, 3.05) is 26.2 Å². The Morgan fingerprint density at radius 2 is 2.00 bits per heavy atom. The van der Waals surface area contributed by atoms with Crippen LogP contribution in [0.1, 0.15) is 18.1 Å². The molecule has 0 spiro atoms. The third kappa shape index (κ3) is 3.69. The van der Waals surface area contributed by atoms with Gasteiger partial charge in [-0.05, 0) is 17.2 Å². The van der Waals surface area contributed by atoms with Crippen molar-refractivity contribution in [3.63, 3.8) is 0 Å². The van der Waals surface area contributed by atoms with Gasteiger partial charge in [-0.1, -0.05) is 23.7 Å². The summed E-state index contributed by atoms with van der Waals surface area (Å²) in [4.78, 5) is 15.5. The van der Waals surface area contributed by atoms with Crippen molar-refractivity contribution >= 4 is 17.5 Å². The van der Waals surface area contributed by atoms with Gasteiger partial charge in [0.2, 0.25) is 5.91 Å². The van der Waals surface area contributed by atoms with Crippen LogP contribution in [0.4, 0.5) is 0 Å². The van der Waals surface area contributed by atoms with E-state index in [0.717, 1.165) is 48.9 Å². The summed E-state index contributed by atoms with van der Waals surface area (Å²) in [7, 11) is 0. The summed E-state index contributed by atoms with van der Waals surface area (Å²) in [6, 6.07) is 6.00. The summed E-state index contributed by atoms with van der Waals surface area (Å²) >= 11 is 6.26. The predicted octanol–water partition coefficient (Wildman–Crippen LogP) is 1.46. The summed E-state index contributed by atoms with van der Waals surface area (Å²) in [6.07, 6.45) is 0. The molecule has 104 valence electrons. The number of hydrogen-bond acceptors (Lipinski definition) is 3. The van der Waals surface area contributed by atoms with Crippen LogP contribution in [0.2, 0.25) is 5.02 Å². The van der Waals surface area contributed by atoms with E-state index in [2.05, 4.69) is 4.90 Å². The number of nitrogens with zero attached hydrogens (tertiary/aromatic N) is 2. The SMILES string of the molecule is CC(=O)N1CCN(Cc2ccc(CN)cc2Cl)CC1. The molecule has 1 aromatic carbocycles. The molecule has 0 unspecified atom stereocenters. The second-order valence-electron chi connectivity index (χ2n) is 4.91. The smallest absolute Gasteiger partial charge is 0.219 e. The largest absolute Gasteiger partial charge is 0.340 e. The molecule has 1 aliphatic rings. The lowest BCUT2D eigenvalue weighted by atomic mass is 10.1. The van der Waals surface area contributed by atoms with E-state index in [1.165, 1.54) is 0 Å². The van der Waals surface area contributed by atoms with E-state index in [9.17, 15) is 4.79 Å². The molecule has 0 radical (unpaired) electrons. The lowest BCUT2D eigenvalue weighted by Crippen LogP contribution is -2.47. The van der Waals surface area contributed by atoms with Crippen LogP contribution in [-0.2, 0) is 17.9 Å². The average molecular weight is 282 g/mol. The average Bonchev–Trinajstić information content (AvgIpc) is 2.41. The second-order valence-corrected chi connectivity index (χ2v) is 5.32. The second kappa shape index (κ2) is 6.37. The zero-order valence-electron chi connectivity index (χ0n) is 11.2. The number of carbonyl (C=O) groups excluding carboxylic acids is 1. The van der Waals surface area contributed by atoms with Gasteiger partial charge < -0.3 is 10.6 Å². The number of nitrogens with two attached hydrogens (primary N) is 1. The normalized spacial score (nSPS) is 16.7. The summed E-state index contributed by atoms with van der Waals surface area (Å²) in [5, 5.41) is 0.775. The van der Waals surface area contributed by atoms with Crippen LogP contribution in [0, 0.1) is 0 Å². The van der Waals surface area contributed by atoms with E-state index in [1.807, 2.05) is 23.1 Å². The Morgan fingerprint density at radius 1 is 1.32 bits per heavy atom. The number of rotatable bonds is 3. The molecular formula is C14H20ClN3O. The van der Waals surface area contributed by atoms with Crippen LogP contribution in [0.25, 0.3) is 0 Å². The van der Waals surface area contributed by atoms with E-state index < -0.39 is 0 Å². The molecule has 4 nitrogen and oxygen atoms in total. The van der Waals surface area contributed by atoms with Gasteiger partial charge in [0.05, 0.1) is 0 Å². The number of hydrogen-bond donors (Lipinski definition) is 1. The molecule has 1 aromatic rings. The van der Waals surface area contributed by atoms with Gasteiger partial charge in [-0.15, -0.1) is 0 Å². The van der Waals surface area contributed by atoms with Crippen LogP contribution >= 0.6 is 11.6 Å². The molecule has 0 bridgehead atoms.